The molecule has 1 fully saturated rings. The van der Waals surface area contributed by atoms with Gasteiger partial charge < -0.3 is 35.3 Å². The minimum absolute atomic E-state index is 0.0471. The molecule has 0 aromatic heterocycles. The largest absolute Gasteiger partial charge is 0.493 e. The molecule has 1 aromatic carbocycles. The van der Waals surface area contributed by atoms with Crippen molar-refractivity contribution in [3.05, 3.63) is 23.8 Å². The lowest BCUT2D eigenvalue weighted by Crippen LogP contribution is -2.49. The molecule has 4 N–H and O–H groups in total. The Morgan fingerprint density at radius 2 is 1.71 bits per heavy atom. The van der Waals surface area contributed by atoms with E-state index in [2.05, 4.69) is 57.8 Å². The summed E-state index contributed by atoms with van der Waals surface area (Å²) in [6, 6.07) is 6.40. The van der Waals surface area contributed by atoms with E-state index in [-0.39, 0.29) is 29.7 Å². The summed E-state index contributed by atoms with van der Waals surface area (Å²) in [5, 5.41) is 14.5. The van der Waals surface area contributed by atoms with E-state index in [9.17, 15) is 9.90 Å². The molecule has 0 saturated carbocycles. The van der Waals surface area contributed by atoms with Gasteiger partial charge in [-0.2, -0.15) is 0 Å². The van der Waals surface area contributed by atoms with Gasteiger partial charge in [0.25, 0.3) is 0 Å². The zero-order valence-electron chi connectivity index (χ0n) is 27.0. The average Bonchev–Trinajstić information content (AvgIpc) is 2.93. The highest BCUT2D eigenvalue weighted by Gasteiger charge is 2.31. The number of methoxy groups -OCH3 is 2. The molecule has 1 amide bonds. The number of carbonyl (C=O) groups is 1. The molecule has 1 aromatic rings. The molecule has 2 rings (SSSR count). The fourth-order valence-corrected chi connectivity index (χ4v) is 5.73. The Morgan fingerprint density at radius 1 is 1.02 bits per heavy atom. The highest BCUT2D eigenvalue weighted by Crippen LogP contribution is 2.32. The van der Waals surface area contributed by atoms with Crippen molar-refractivity contribution in [1.82, 2.24) is 10.2 Å². The molecule has 8 heteroatoms. The number of aliphatic hydroxyl groups is 1. The summed E-state index contributed by atoms with van der Waals surface area (Å²) in [4.78, 5) is 15.7. The number of carbonyl (C=O) groups excluding carboxylic acids is 1. The number of piperidine rings is 1. The second-order valence-corrected chi connectivity index (χ2v) is 12.9. The molecule has 0 radical (unpaired) electrons. The van der Waals surface area contributed by atoms with Crippen molar-refractivity contribution in [2.45, 2.75) is 104 Å². The number of nitrogens with one attached hydrogen (secondary N) is 1. The number of likely N-dealkylation sites (tertiary alicyclic amines) is 1. The Kier molecular flexibility index (Phi) is 15.5. The molecule has 1 heterocycles. The van der Waals surface area contributed by atoms with E-state index in [4.69, 9.17) is 19.9 Å². The van der Waals surface area contributed by atoms with Gasteiger partial charge in [0.2, 0.25) is 5.91 Å². The number of benzene rings is 1. The maximum absolute atomic E-state index is 13.3. The van der Waals surface area contributed by atoms with E-state index < -0.39 is 12.1 Å². The first kappa shape index (κ1) is 35.3. The van der Waals surface area contributed by atoms with Crippen molar-refractivity contribution in [3.63, 3.8) is 0 Å². The number of amides is 1. The van der Waals surface area contributed by atoms with Gasteiger partial charge in [-0.1, -0.05) is 33.8 Å². The number of rotatable bonds is 18. The van der Waals surface area contributed by atoms with Crippen LogP contribution in [0.3, 0.4) is 0 Å². The van der Waals surface area contributed by atoms with Crippen LogP contribution < -0.4 is 20.5 Å². The van der Waals surface area contributed by atoms with Crippen LogP contribution in [0.15, 0.2) is 18.2 Å². The van der Waals surface area contributed by atoms with Gasteiger partial charge in [0.1, 0.15) is 0 Å². The molecule has 41 heavy (non-hydrogen) atoms. The fraction of sp³-hybridized carbons (Fsp3) is 0.788. The third kappa shape index (κ3) is 11.7. The Labute approximate surface area is 249 Å². The Balaban J connectivity index is 1.98. The molecule has 2 unspecified atom stereocenters. The van der Waals surface area contributed by atoms with Crippen LogP contribution in [0, 0.1) is 23.7 Å². The quantitative estimate of drug-likeness (QED) is 0.218. The molecular weight excluding hydrogens is 518 g/mol. The van der Waals surface area contributed by atoms with Gasteiger partial charge in [-0.3, -0.25) is 4.79 Å². The average molecular weight is 578 g/mol. The summed E-state index contributed by atoms with van der Waals surface area (Å²) in [6.45, 7) is 16.2. The molecule has 0 bridgehead atoms. The molecule has 1 saturated heterocycles. The topological polar surface area (TPSA) is 106 Å². The zero-order valence-corrected chi connectivity index (χ0v) is 27.0. The minimum Gasteiger partial charge on any atom is -0.493 e. The van der Waals surface area contributed by atoms with Crippen LogP contribution in [0.25, 0.3) is 0 Å². The number of hydrogen-bond acceptors (Lipinski definition) is 7. The van der Waals surface area contributed by atoms with Gasteiger partial charge in [0.15, 0.2) is 11.5 Å². The molecular formula is C33H59N3O5. The maximum Gasteiger partial charge on any atom is 0.223 e. The van der Waals surface area contributed by atoms with Gasteiger partial charge in [-0.25, -0.2) is 0 Å². The summed E-state index contributed by atoms with van der Waals surface area (Å²) in [5.41, 5.74) is 7.76. The van der Waals surface area contributed by atoms with Crippen LogP contribution in [-0.4, -0.2) is 80.7 Å². The third-order valence-electron chi connectivity index (χ3n) is 8.73. The first-order valence-corrected chi connectivity index (χ1v) is 15.7. The number of nitrogens with two attached hydrogens (primary N) is 1. The number of ether oxygens (including phenoxy) is 3. The van der Waals surface area contributed by atoms with Gasteiger partial charge in [-0.15, -0.1) is 0 Å². The second kappa shape index (κ2) is 17.9. The molecule has 236 valence electrons. The first-order chi connectivity index (χ1) is 19.5. The fourth-order valence-electron chi connectivity index (χ4n) is 5.73. The molecule has 4 atom stereocenters. The van der Waals surface area contributed by atoms with E-state index in [0.29, 0.717) is 43.8 Å². The molecule has 8 nitrogen and oxygen atoms in total. The van der Waals surface area contributed by atoms with Gasteiger partial charge in [-0.05, 0) is 81.4 Å². The Morgan fingerprint density at radius 3 is 2.27 bits per heavy atom. The molecule has 0 aliphatic carbocycles. The molecule has 1 aliphatic heterocycles. The van der Waals surface area contributed by atoms with Crippen LogP contribution in [0.2, 0.25) is 0 Å². The summed E-state index contributed by atoms with van der Waals surface area (Å²) < 4.78 is 16.6. The number of hydrogen-bond donors (Lipinski definition) is 3. The van der Waals surface area contributed by atoms with Crippen molar-refractivity contribution in [1.29, 1.82) is 0 Å². The predicted molar refractivity (Wildman–Crippen MR) is 166 cm³/mol. The monoisotopic (exact) mass is 577 g/mol. The maximum atomic E-state index is 13.3. The van der Waals surface area contributed by atoms with Crippen molar-refractivity contribution in [2.24, 2.45) is 29.4 Å². The Bertz CT molecular complexity index is 886. The van der Waals surface area contributed by atoms with Gasteiger partial charge in [0, 0.05) is 57.3 Å². The first-order valence-electron chi connectivity index (χ1n) is 15.7. The van der Waals surface area contributed by atoms with Crippen LogP contribution >= 0.6 is 0 Å². The van der Waals surface area contributed by atoms with Crippen LogP contribution in [-0.2, 0) is 16.0 Å². The lowest BCUT2D eigenvalue weighted by atomic mass is 9.80. The highest BCUT2D eigenvalue weighted by atomic mass is 16.5. The standard InChI is InChI=1S/C33H59N3O5/c1-22(2)26(18-25-10-11-31(40-8)32(19-25)41-17-9-16-39-7)20-29(34)30(37)21-28(23(3)4)33(38)35-27-12-14-36(15-13-27)24(5)6/h10-11,19,22-24,26-30,37H,9,12-18,20-21,34H2,1-8H3,(H,35,38)/t26-,28?,29-,30?/m0/s1. The van der Waals surface area contributed by atoms with Crippen molar-refractivity contribution in [3.8, 4) is 11.5 Å². The van der Waals surface area contributed by atoms with E-state index in [0.717, 1.165) is 50.1 Å². The van der Waals surface area contributed by atoms with E-state index in [1.54, 1.807) is 14.2 Å². The minimum atomic E-state index is -0.743. The highest BCUT2D eigenvalue weighted by molar-refractivity contribution is 5.79. The number of aliphatic hydroxyl groups excluding tert-OH is 1. The third-order valence-corrected chi connectivity index (χ3v) is 8.73. The SMILES string of the molecule is COCCCOc1cc(C[C@@H](C[C@H](N)C(O)CC(C(=O)NC2CCN(C(C)C)CC2)C(C)C)C(C)C)ccc1OC. The van der Waals surface area contributed by atoms with Crippen molar-refractivity contribution in [2.75, 3.05) is 40.5 Å². The van der Waals surface area contributed by atoms with Crippen LogP contribution in [0.4, 0.5) is 0 Å². The summed E-state index contributed by atoms with van der Waals surface area (Å²) in [6.07, 6.45) is 3.87. The molecule has 0 spiro atoms. The van der Waals surface area contributed by atoms with Crippen LogP contribution in [0.5, 0.6) is 11.5 Å². The van der Waals surface area contributed by atoms with E-state index in [1.807, 2.05) is 12.1 Å². The van der Waals surface area contributed by atoms with Crippen molar-refractivity contribution >= 4 is 5.91 Å². The Hall–Kier alpha value is -1.87. The number of nitrogens with zero attached hydrogens (tertiary/aromatic N) is 1. The van der Waals surface area contributed by atoms with E-state index >= 15 is 0 Å². The zero-order chi connectivity index (χ0) is 30.5. The van der Waals surface area contributed by atoms with E-state index in [1.165, 1.54) is 0 Å². The van der Waals surface area contributed by atoms with Crippen molar-refractivity contribution < 1.29 is 24.1 Å². The normalized spacial score (nSPS) is 18.0. The lowest BCUT2D eigenvalue weighted by molar-refractivity contribution is -0.128. The lowest BCUT2D eigenvalue weighted by Gasteiger charge is -2.36. The predicted octanol–water partition coefficient (Wildman–Crippen LogP) is 4.65. The smallest absolute Gasteiger partial charge is 0.223 e. The summed E-state index contributed by atoms with van der Waals surface area (Å²) in [7, 11) is 3.33. The van der Waals surface area contributed by atoms with Gasteiger partial charge in [0.05, 0.1) is 19.8 Å². The van der Waals surface area contributed by atoms with Crippen LogP contribution in [0.1, 0.15) is 79.2 Å². The van der Waals surface area contributed by atoms with Gasteiger partial charge >= 0.3 is 0 Å². The molecule has 1 aliphatic rings. The summed E-state index contributed by atoms with van der Waals surface area (Å²) in [5.74, 6) is 1.99. The summed E-state index contributed by atoms with van der Waals surface area (Å²) >= 11 is 0. The second-order valence-electron chi connectivity index (χ2n) is 12.9.